The van der Waals surface area contributed by atoms with E-state index >= 15 is 0 Å². The standard InChI is InChI=1S/C16H19NO/c1-10-2-4-11(5-3-10)16-17-9-14-12-6-7-13(8-12)15(14)18-16/h2-5,12-15H,6-9H2,1H3/t12-,13+,14+,15-/m0/s1. The summed E-state index contributed by atoms with van der Waals surface area (Å²) >= 11 is 0. The van der Waals surface area contributed by atoms with Crippen molar-refractivity contribution in [2.24, 2.45) is 22.7 Å². The Balaban J connectivity index is 1.61. The maximum Gasteiger partial charge on any atom is 0.216 e. The summed E-state index contributed by atoms with van der Waals surface area (Å²) in [6.45, 7) is 3.09. The van der Waals surface area contributed by atoms with Gasteiger partial charge in [0.15, 0.2) is 0 Å². The lowest BCUT2D eigenvalue weighted by molar-refractivity contribution is 0.0624. The van der Waals surface area contributed by atoms with E-state index < -0.39 is 0 Å². The molecule has 2 bridgehead atoms. The molecule has 1 aliphatic heterocycles. The molecule has 0 amide bonds. The summed E-state index contributed by atoms with van der Waals surface area (Å²) in [7, 11) is 0. The third-order valence-electron chi connectivity index (χ3n) is 5.00. The molecular formula is C16H19NO. The SMILES string of the molecule is Cc1ccc(C2=NC[C@@H]3[C@H]4CC[C@H](C4)[C@@H]3O2)cc1. The molecule has 2 nitrogen and oxygen atoms in total. The summed E-state index contributed by atoms with van der Waals surface area (Å²) in [5.41, 5.74) is 2.43. The zero-order valence-corrected chi connectivity index (χ0v) is 10.8. The van der Waals surface area contributed by atoms with Gasteiger partial charge in [-0.25, -0.2) is 0 Å². The van der Waals surface area contributed by atoms with Crippen LogP contribution in [0.4, 0.5) is 0 Å². The highest BCUT2D eigenvalue weighted by Crippen LogP contribution is 2.51. The van der Waals surface area contributed by atoms with Crippen molar-refractivity contribution in [3.8, 4) is 0 Å². The molecule has 3 aliphatic rings. The molecule has 1 aromatic carbocycles. The first-order valence-electron chi connectivity index (χ1n) is 7.09. The van der Waals surface area contributed by atoms with Crippen LogP contribution in [0.2, 0.25) is 0 Å². The molecule has 18 heavy (non-hydrogen) atoms. The fraction of sp³-hybridized carbons (Fsp3) is 0.562. The van der Waals surface area contributed by atoms with Crippen molar-refractivity contribution in [2.75, 3.05) is 6.54 Å². The van der Waals surface area contributed by atoms with E-state index in [1.165, 1.54) is 24.8 Å². The van der Waals surface area contributed by atoms with E-state index in [1.807, 2.05) is 0 Å². The van der Waals surface area contributed by atoms with Gasteiger partial charge in [-0.05, 0) is 50.2 Å². The summed E-state index contributed by atoms with van der Waals surface area (Å²) in [6, 6.07) is 8.52. The molecule has 2 saturated carbocycles. The van der Waals surface area contributed by atoms with Gasteiger partial charge in [0.05, 0.1) is 0 Å². The molecule has 0 aromatic heterocycles. The van der Waals surface area contributed by atoms with Crippen LogP contribution in [-0.2, 0) is 4.74 Å². The number of aryl methyl sites for hydroxylation is 1. The van der Waals surface area contributed by atoms with Crippen LogP contribution in [0.3, 0.4) is 0 Å². The second kappa shape index (κ2) is 3.84. The topological polar surface area (TPSA) is 21.6 Å². The van der Waals surface area contributed by atoms with Crippen molar-refractivity contribution in [2.45, 2.75) is 32.3 Å². The van der Waals surface area contributed by atoms with Gasteiger partial charge in [-0.1, -0.05) is 17.7 Å². The van der Waals surface area contributed by atoms with Crippen molar-refractivity contribution in [3.05, 3.63) is 35.4 Å². The van der Waals surface area contributed by atoms with Gasteiger partial charge in [-0.3, -0.25) is 4.99 Å². The van der Waals surface area contributed by atoms with Crippen molar-refractivity contribution in [1.82, 2.24) is 0 Å². The Morgan fingerprint density at radius 3 is 2.72 bits per heavy atom. The molecule has 4 atom stereocenters. The van der Waals surface area contributed by atoms with Crippen LogP contribution < -0.4 is 0 Å². The highest BCUT2D eigenvalue weighted by Gasteiger charge is 2.50. The van der Waals surface area contributed by atoms with Crippen LogP contribution in [-0.4, -0.2) is 18.5 Å². The Bertz CT molecular complexity index is 490. The Kier molecular flexibility index (Phi) is 2.26. The monoisotopic (exact) mass is 241 g/mol. The van der Waals surface area contributed by atoms with E-state index in [0.717, 1.165) is 29.8 Å². The minimum Gasteiger partial charge on any atom is -0.473 e. The molecule has 0 spiro atoms. The largest absolute Gasteiger partial charge is 0.473 e. The second-order valence-corrected chi connectivity index (χ2v) is 6.09. The number of ether oxygens (including phenoxy) is 1. The zero-order valence-electron chi connectivity index (χ0n) is 10.8. The quantitative estimate of drug-likeness (QED) is 0.740. The van der Waals surface area contributed by atoms with E-state index in [0.29, 0.717) is 12.0 Å². The Morgan fingerprint density at radius 2 is 1.89 bits per heavy atom. The molecule has 0 radical (unpaired) electrons. The Morgan fingerprint density at radius 1 is 1.11 bits per heavy atom. The predicted molar refractivity (Wildman–Crippen MR) is 71.8 cm³/mol. The molecule has 2 aliphatic carbocycles. The fourth-order valence-electron chi connectivity index (χ4n) is 4.00. The molecule has 1 heterocycles. The minimum atomic E-state index is 0.456. The first-order chi connectivity index (χ1) is 8.81. The maximum atomic E-state index is 6.22. The smallest absolute Gasteiger partial charge is 0.216 e. The zero-order chi connectivity index (χ0) is 12.1. The average Bonchev–Trinajstić information content (AvgIpc) is 3.01. The van der Waals surface area contributed by atoms with E-state index in [-0.39, 0.29) is 0 Å². The van der Waals surface area contributed by atoms with Crippen molar-refractivity contribution < 1.29 is 4.74 Å². The van der Waals surface area contributed by atoms with Gasteiger partial charge in [0.1, 0.15) is 6.10 Å². The van der Waals surface area contributed by atoms with Crippen molar-refractivity contribution in [1.29, 1.82) is 0 Å². The third kappa shape index (κ3) is 1.51. The highest BCUT2D eigenvalue weighted by atomic mass is 16.5. The number of fused-ring (bicyclic) bond motifs is 5. The first-order valence-corrected chi connectivity index (χ1v) is 7.09. The van der Waals surface area contributed by atoms with Crippen molar-refractivity contribution >= 4 is 5.90 Å². The molecule has 0 N–H and O–H groups in total. The van der Waals surface area contributed by atoms with Gasteiger partial charge in [0.25, 0.3) is 0 Å². The number of hydrogen-bond acceptors (Lipinski definition) is 2. The second-order valence-electron chi connectivity index (χ2n) is 6.09. The van der Waals surface area contributed by atoms with E-state index in [1.54, 1.807) is 0 Å². The molecule has 2 fully saturated rings. The minimum absolute atomic E-state index is 0.456. The van der Waals surface area contributed by atoms with Crippen LogP contribution >= 0.6 is 0 Å². The molecule has 94 valence electrons. The Labute approximate surface area is 108 Å². The number of aliphatic imine (C=N–C) groups is 1. The average molecular weight is 241 g/mol. The molecule has 0 saturated heterocycles. The van der Waals surface area contributed by atoms with E-state index in [2.05, 4.69) is 36.2 Å². The summed E-state index contributed by atoms with van der Waals surface area (Å²) in [6.07, 6.45) is 4.61. The number of hydrogen-bond donors (Lipinski definition) is 0. The van der Waals surface area contributed by atoms with Crippen LogP contribution in [0.1, 0.15) is 30.4 Å². The summed E-state index contributed by atoms with van der Waals surface area (Å²) in [4.78, 5) is 4.69. The van der Waals surface area contributed by atoms with Crippen LogP contribution in [0, 0.1) is 24.7 Å². The summed E-state index contributed by atoms with van der Waals surface area (Å²) in [5.74, 6) is 3.28. The fourth-order valence-corrected chi connectivity index (χ4v) is 4.00. The number of nitrogens with zero attached hydrogens (tertiary/aromatic N) is 1. The maximum absolute atomic E-state index is 6.22. The highest BCUT2D eigenvalue weighted by molar-refractivity contribution is 5.94. The summed E-state index contributed by atoms with van der Waals surface area (Å²) < 4.78 is 6.22. The predicted octanol–water partition coefficient (Wildman–Crippen LogP) is 3.19. The third-order valence-corrected chi connectivity index (χ3v) is 5.00. The van der Waals surface area contributed by atoms with Gasteiger partial charge >= 0.3 is 0 Å². The lowest BCUT2D eigenvalue weighted by Crippen LogP contribution is -2.38. The van der Waals surface area contributed by atoms with Gasteiger partial charge in [0.2, 0.25) is 5.90 Å². The number of rotatable bonds is 1. The first kappa shape index (κ1) is 10.6. The van der Waals surface area contributed by atoms with Gasteiger partial charge in [-0.15, -0.1) is 0 Å². The van der Waals surface area contributed by atoms with Crippen LogP contribution in [0.25, 0.3) is 0 Å². The molecule has 1 aromatic rings. The van der Waals surface area contributed by atoms with Gasteiger partial charge < -0.3 is 4.74 Å². The Hall–Kier alpha value is -1.31. The van der Waals surface area contributed by atoms with Gasteiger partial charge in [-0.2, -0.15) is 0 Å². The van der Waals surface area contributed by atoms with Gasteiger partial charge in [0, 0.05) is 18.0 Å². The van der Waals surface area contributed by atoms with E-state index in [9.17, 15) is 0 Å². The molecular weight excluding hydrogens is 222 g/mol. The lowest BCUT2D eigenvalue weighted by Gasteiger charge is -2.34. The lowest BCUT2D eigenvalue weighted by atomic mass is 9.85. The summed E-state index contributed by atoms with van der Waals surface area (Å²) in [5, 5.41) is 0. The normalized spacial score (nSPS) is 37.1. The van der Waals surface area contributed by atoms with Crippen LogP contribution in [0.5, 0.6) is 0 Å². The van der Waals surface area contributed by atoms with Crippen LogP contribution in [0.15, 0.2) is 29.3 Å². The van der Waals surface area contributed by atoms with E-state index in [4.69, 9.17) is 4.74 Å². The number of benzene rings is 1. The van der Waals surface area contributed by atoms with Crippen molar-refractivity contribution in [3.63, 3.8) is 0 Å². The molecule has 0 unspecified atom stereocenters. The molecule has 4 rings (SSSR count). The molecule has 2 heteroatoms.